The molecule has 8 heteroatoms. The first-order chi connectivity index (χ1) is 16.2. The number of hydrogen-bond acceptors (Lipinski definition) is 5. The molecule has 0 aromatic heterocycles. The number of ether oxygens (including phenoxy) is 5. The summed E-state index contributed by atoms with van der Waals surface area (Å²) < 4.78 is 53.8. The number of benzene rings is 3. The Morgan fingerprint density at radius 2 is 1.53 bits per heavy atom. The van der Waals surface area contributed by atoms with Crippen LogP contribution in [-0.4, -0.2) is 25.0 Å². The van der Waals surface area contributed by atoms with Crippen molar-refractivity contribution in [3.63, 3.8) is 0 Å². The molecule has 0 saturated carbocycles. The van der Waals surface area contributed by atoms with Gasteiger partial charge < -0.3 is 23.7 Å². The molecule has 0 amide bonds. The summed E-state index contributed by atoms with van der Waals surface area (Å²) in [6.07, 6.45) is 0.277. The fourth-order valence-electron chi connectivity index (χ4n) is 3.17. The average molecular weight is 537 g/mol. The molecule has 0 aliphatic heterocycles. The van der Waals surface area contributed by atoms with Crippen LogP contribution in [0.5, 0.6) is 28.7 Å². The van der Waals surface area contributed by atoms with Crippen molar-refractivity contribution in [1.29, 1.82) is 0 Å². The Morgan fingerprint density at radius 1 is 0.853 bits per heavy atom. The normalized spacial score (nSPS) is 12.3. The van der Waals surface area contributed by atoms with Crippen molar-refractivity contribution in [1.82, 2.24) is 0 Å². The minimum Gasteiger partial charge on any atom is -0.486 e. The van der Waals surface area contributed by atoms with E-state index >= 15 is 0 Å². The molecule has 0 N–H and O–H groups in total. The molecule has 0 saturated heterocycles. The molecule has 3 aromatic rings. The first kappa shape index (κ1) is 25.8. The second-order valence-corrected chi connectivity index (χ2v) is 8.79. The standard InChI is InChI=1S/C26H27BrF2O5/c1-18(2)25(33-23-9-4-5-10-24(23)34-26(27,28)29)16-19-7-6-8-22(15-19)32-21-13-11-20(12-14-21)31-17-30-3/h4-15,18,25H,16-17H2,1-3H3. The van der Waals surface area contributed by atoms with Crippen LogP contribution in [-0.2, 0) is 11.2 Å². The van der Waals surface area contributed by atoms with Gasteiger partial charge in [-0.1, -0.05) is 38.1 Å². The predicted octanol–water partition coefficient (Wildman–Crippen LogP) is 7.43. The Hall–Kier alpha value is -2.84. The van der Waals surface area contributed by atoms with Crippen LogP contribution in [0.3, 0.4) is 0 Å². The fourth-order valence-corrected chi connectivity index (χ4v) is 3.34. The van der Waals surface area contributed by atoms with Crippen LogP contribution in [0.2, 0.25) is 0 Å². The van der Waals surface area contributed by atoms with E-state index in [2.05, 4.69) is 15.9 Å². The zero-order valence-electron chi connectivity index (χ0n) is 19.2. The van der Waals surface area contributed by atoms with E-state index in [0.717, 1.165) is 5.56 Å². The lowest BCUT2D eigenvalue weighted by Gasteiger charge is -2.25. The second kappa shape index (κ2) is 12.0. The number of alkyl halides is 3. The molecule has 0 aliphatic carbocycles. The Balaban J connectivity index is 1.70. The third kappa shape index (κ3) is 8.18. The first-order valence-corrected chi connectivity index (χ1v) is 11.5. The molecular formula is C26H27BrF2O5. The van der Waals surface area contributed by atoms with E-state index in [9.17, 15) is 8.78 Å². The van der Waals surface area contributed by atoms with E-state index in [4.69, 9.17) is 23.7 Å². The lowest BCUT2D eigenvalue weighted by atomic mass is 9.99. The van der Waals surface area contributed by atoms with E-state index in [0.29, 0.717) is 23.7 Å². The average Bonchev–Trinajstić information content (AvgIpc) is 2.78. The zero-order valence-corrected chi connectivity index (χ0v) is 20.8. The third-order valence-electron chi connectivity index (χ3n) is 4.83. The van der Waals surface area contributed by atoms with Crippen molar-refractivity contribution in [3.8, 4) is 28.7 Å². The van der Waals surface area contributed by atoms with Gasteiger partial charge in [-0.15, -0.1) is 0 Å². The third-order valence-corrected chi connectivity index (χ3v) is 5.00. The maximum Gasteiger partial charge on any atom is 0.459 e. The van der Waals surface area contributed by atoms with Crippen LogP contribution in [0.4, 0.5) is 8.78 Å². The van der Waals surface area contributed by atoms with Crippen LogP contribution in [0.15, 0.2) is 72.8 Å². The predicted molar refractivity (Wildman–Crippen MR) is 129 cm³/mol. The molecular weight excluding hydrogens is 510 g/mol. The number of methoxy groups -OCH3 is 1. The van der Waals surface area contributed by atoms with Crippen LogP contribution in [0, 0.1) is 5.92 Å². The van der Waals surface area contributed by atoms with Crippen molar-refractivity contribution in [2.24, 2.45) is 5.92 Å². The maximum absolute atomic E-state index is 13.3. The van der Waals surface area contributed by atoms with Crippen LogP contribution in [0.1, 0.15) is 19.4 Å². The maximum atomic E-state index is 13.3. The monoisotopic (exact) mass is 536 g/mol. The Kier molecular flexibility index (Phi) is 9.12. The second-order valence-electron chi connectivity index (χ2n) is 7.87. The van der Waals surface area contributed by atoms with Gasteiger partial charge in [0.25, 0.3) is 0 Å². The highest BCUT2D eigenvalue weighted by Crippen LogP contribution is 2.35. The quantitative estimate of drug-likeness (QED) is 0.178. The van der Waals surface area contributed by atoms with Crippen molar-refractivity contribution in [2.75, 3.05) is 13.9 Å². The fraction of sp³-hybridized carbons (Fsp3) is 0.308. The highest BCUT2D eigenvalue weighted by atomic mass is 79.9. The van der Waals surface area contributed by atoms with E-state index in [-0.39, 0.29) is 30.3 Å². The van der Waals surface area contributed by atoms with E-state index in [1.807, 2.05) is 50.2 Å². The van der Waals surface area contributed by atoms with Gasteiger partial charge in [0.2, 0.25) is 0 Å². The van der Waals surface area contributed by atoms with E-state index < -0.39 is 5.02 Å². The minimum atomic E-state index is -3.49. The van der Waals surface area contributed by atoms with Gasteiger partial charge in [-0.2, -0.15) is 8.78 Å². The summed E-state index contributed by atoms with van der Waals surface area (Å²) >= 11 is 2.21. The number of hydrogen-bond donors (Lipinski definition) is 0. The van der Waals surface area contributed by atoms with Crippen LogP contribution >= 0.6 is 15.9 Å². The van der Waals surface area contributed by atoms with Crippen molar-refractivity contribution in [3.05, 3.63) is 78.4 Å². The topological polar surface area (TPSA) is 46.2 Å². The van der Waals surface area contributed by atoms with Gasteiger partial charge in [0, 0.05) is 29.5 Å². The van der Waals surface area contributed by atoms with Gasteiger partial charge in [0.15, 0.2) is 18.3 Å². The highest BCUT2D eigenvalue weighted by molar-refractivity contribution is 9.09. The summed E-state index contributed by atoms with van der Waals surface area (Å²) in [5, 5.41) is -3.49. The van der Waals surface area contributed by atoms with Crippen molar-refractivity contribution < 1.29 is 32.5 Å². The smallest absolute Gasteiger partial charge is 0.459 e. The van der Waals surface area contributed by atoms with Gasteiger partial charge in [-0.05, 0) is 60.0 Å². The summed E-state index contributed by atoms with van der Waals surface area (Å²) in [4.78, 5) is 0. The summed E-state index contributed by atoms with van der Waals surface area (Å²) in [6, 6.07) is 21.3. The molecule has 5 nitrogen and oxygen atoms in total. The lowest BCUT2D eigenvalue weighted by Crippen LogP contribution is -2.26. The molecule has 0 aliphatic rings. The molecule has 0 fully saturated rings. The molecule has 182 valence electrons. The van der Waals surface area contributed by atoms with Gasteiger partial charge >= 0.3 is 5.02 Å². The highest BCUT2D eigenvalue weighted by Gasteiger charge is 2.29. The molecule has 0 bridgehead atoms. The van der Waals surface area contributed by atoms with Gasteiger partial charge in [-0.25, -0.2) is 0 Å². The number of halogens is 3. The van der Waals surface area contributed by atoms with Gasteiger partial charge in [0.05, 0.1) is 0 Å². The summed E-state index contributed by atoms with van der Waals surface area (Å²) in [6.45, 7) is 4.21. The zero-order chi connectivity index (χ0) is 24.6. The van der Waals surface area contributed by atoms with E-state index in [1.54, 1.807) is 37.4 Å². The minimum absolute atomic E-state index is 0.0370. The molecule has 34 heavy (non-hydrogen) atoms. The lowest BCUT2D eigenvalue weighted by molar-refractivity contribution is -0.0823. The molecule has 1 unspecified atom stereocenters. The SMILES string of the molecule is COCOc1ccc(Oc2cccc(CC(Oc3ccccc3OC(F)(F)Br)C(C)C)c2)cc1. The molecule has 0 heterocycles. The Labute approximate surface area is 206 Å². The summed E-state index contributed by atoms with van der Waals surface area (Å²) in [5.41, 5.74) is 0.987. The largest absolute Gasteiger partial charge is 0.486 e. The van der Waals surface area contributed by atoms with Gasteiger partial charge in [-0.3, -0.25) is 0 Å². The van der Waals surface area contributed by atoms with E-state index in [1.165, 1.54) is 6.07 Å². The molecule has 3 aromatic carbocycles. The summed E-state index contributed by atoms with van der Waals surface area (Å²) in [5.74, 6) is 2.35. The molecule has 1 atom stereocenters. The number of para-hydroxylation sites is 2. The first-order valence-electron chi connectivity index (χ1n) is 10.7. The van der Waals surface area contributed by atoms with Crippen LogP contribution in [0.25, 0.3) is 0 Å². The summed E-state index contributed by atoms with van der Waals surface area (Å²) in [7, 11) is 1.56. The molecule has 0 spiro atoms. The van der Waals surface area contributed by atoms with Crippen molar-refractivity contribution in [2.45, 2.75) is 31.4 Å². The molecule has 3 rings (SSSR count). The number of rotatable bonds is 12. The Bertz CT molecular complexity index is 1040. The van der Waals surface area contributed by atoms with Gasteiger partial charge in [0.1, 0.15) is 23.4 Å². The Morgan fingerprint density at radius 3 is 2.18 bits per heavy atom. The van der Waals surface area contributed by atoms with Crippen LogP contribution < -0.4 is 18.9 Å². The molecule has 0 radical (unpaired) electrons. The van der Waals surface area contributed by atoms with Crippen molar-refractivity contribution >= 4 is 15.9 Å².